The normalized spacial score (nSPS) is 15.4. The maximum Gasteiger partial charge on any atom is 0.168 e. The number of anilines is 2. The van der Waals surface area contributed by atoms with Crippen molar-refractivity contribution in [3.05, 3.63) is 5.56 Å². The minimum atomic E-state index is 0.257. The van der Waals surface area contributed by atoms with Crippen LogP contribution in [-0.4, -0.2) is 28.9 Å². The molecule has 0 bridgehead atoms. The van der Waals surface area contributed by atoms with Gasteiger partial charge in [-0.2, -0.15) is 10.4 Å². The first-order valence-corrected chi connectivity index (χ1v) is 6.46. The molecule has 2 heterocycles. The maximum absolute atomic E-state index is 9.20. The third-order valence-corrected chi connectivity index (χ3v) is 3.47. The lowest BCUT2D eigenvalue weighted by atomic mass is 10.1. The molecule has 98 valence electrons. The van der Waals surface area contributed by atoms with Crippen molar-refractivity contribution < 1.29 is 0 Å². The van der Waals surface area contributed by atoms with Gasteiger partial charge in [0.15, 0.2) is 5.82 Å². The average molecular weight is 248 g/mol. The highest BCUT2D eigenvalue weighted by Crippen LogP contribution is 2.27. The molecule has 1 aromatic heterocycles. The summed E-state index contributed by atoms with van der Waals surface area (Å²) in [5, 5.41) is 20.1. The Labute approximate surface area is 107 Å². The highest BCUT2D eigenvalue weighted by Gasteiger charge is 2.23. The summed E-state index contributed by atoms with van der Waals surface area (Å²) in [5.74, 6) is 1.09. The van der Waals surface area contributed by atoms with Crippen molar-refractivity contribution in [1.82, 2.24) is 15.1 Å². The van der Waals surface area contributed by atoms with Gasteiger partial charge in [-0.3, -0.25) is 0 Å². The fourth-order valence-corrected chi connectivity index (χ4v) is 2.16. The van der Waals surface area contributed by atoms with Crippen LogP contribution in [0.5, 0.6) is 0 Å². The number of hydrogen-bond acceptors (Lipinski definition) is 5. The van der Waals surface area contributed by atoms with E-state index in [-0.39, 0.29) is 6.04 Å². The van der Waals surface area contributed by atoms with E-state index in [0.29, 0.717) is 23.2 Å². The van der Waals surface area contributed by atoms with Gasteiger partial charge in [0.1, 0.15) is 17.5 Å². The molecule has 0 unspecified atom stereocenters. The largest absolute Gasteiger partial charge is 0.383 e. The number of nitrogen functional groups attached to an aromatic ring is 1. The van der Waals surface area contributed by atoms with Gasteiger partial charge in [0.2, 0.25) is 0 Å². The first-order chi connectivity index (χ1) is 8.71. The van der Waals surface area contributed by atoms with Crippen LogP contribution in [-0.2, 0) is 0 Å². The Morgan fingerprint density at radius 2 is 2.22 bits per heavy atom. The smallest absolute Gasteiger partial charge is 0.168 e. The van der Waals surface area contributed by atoms with E-state index in [1.807, 2.05) is 0 Å². The molecule has 1 fully saturated rings. The molecule has 0 spiro atoms. The summed E-state index contributed by atoms with van der Waals surface area (Å²) < 4.78 is 1.78. The van der Waals surface area contributed by atoms with E-state index in [1.165, 1.54) is 0 Å². The van der Waals surface area contributed by atoms with Crippen molar-refractivity contribution in [2.45, 2.75) is 38.8 Å². The van der Waals surface area contributed by atoms with Crippen molar-refractivity contribution in [2.75, 3.05) is 24.1 Å². The zero-order valence-electron chi connectivity index (χ0n) is 10.9. The van der Waals surface area contributed by atoms with E-state index in [1.54, 1.807) is 4.68 Å². The highest BCUT2D eigenvalue weighted by molar-refractivity contribution is 5.64. The Bertz CT molecular complexity index is 450. The third-order valence-electron chi connectivity index (χ3n) is 3.47. The summed E-state index contributed by atoms with van der Waals surface area (Å²) in [6.45, 7) is 6.01. The predicted octanol–water partition coefficient (Wildman–Crippen LogP) is 1.08. The van der Waals surface area contributed by atoms with Crippen LogP contribution in [0.3, 0.4) is 0 Å². The molecule has 1 aromatic rings. The molecule has 1 saturated heterocycles. The van der Waals surface area contributed by atoms with Crippen LogP contribution in [0.25, 0.3) is 0 Å². The number of hydrogen-bond donors (Lipinski definition) is 3. The molecule has 0 amide bonds. The van der Waals surface area contributed by atoms with E-state index < -0.39 is 0 Å². The number of nitrogens with one attached hydrogen (secondary N) is 2. The summed E-state index contributed by atoms with van der Waals surface area (Å²) in [6, 6.07) is 2.75. The van der Waals surface area contributed by atoms with Gasteiger partial charge < -0.3 is 16.4 Å². The molecule has 0 radical (unpaired) electrons. The van der Waals surface area contributed by atoms with Gasteiger partial charge in [-0.25, -0.2) is 4.68 Å². The van der Waals surface area contributed by atoms with Gasteiger partial charge in [-0.1, -0.05) is 13.8 Å². The lowest BCUT2D eigenvalue weighted by Crippen LogP contribution is -2.51. The second kappa shape index (κ2) is 5.27. The standard InChI is InChI=1S/C12H20N6/c1-3-9(4-2)18-11(14)10(5-13)12(17-18)16-8-6-15-7-8/h8-9,15H,3-4,6-7,14H2,1-2H3,(H,16,17). The summed E-state index contributed by atoms with van der Waals surface area (Å²) >= 11 is 0. The highest BCUT2D eigenvalue weighted by atomic mass is 15.4. The van der Waals surface area contributed by atoms with E-state index in [2.05, 4.69) is 35.6 Å². The van der Waals surface area contributed by atoms with Gasteiger partial charge in [0.05, 0.1) is 12.1 Å². The molecule has 1 aliphatic rings. The van der Waals surface area contributed by atoms with E-state index in [0.717, 1.165) is 25.9 Å². The summed E-state index contributed by atoms with van der Waals surface area (Å²) in [7, 11) is 0. The first-order valence-electron chi connectivity index (χ1n) is 6.46. The van der Waals surface area contributed by atoms with Crippen LogP contribution in [0, 0.1) is 11.3 Å². The summed E-state index contributed by atoms with van der Waals surface area (Å²) in [5.41, 5.74) is 6.49. The van der Waals surface area contributed by atoms with Gasteiger partial charge >= 0.3 is 0 Å². The molecule has 0 aliphatic carbocycles. The molecular weight excluding hydrogens is 228 g/mol. The molecule has 4 N–H and O–H groups in total. The van der Waals surface area contributed by atoms with Crippen LogP contribution < -0.4 is 16.4 Å². The van der Waals surface area contributed by atoms with Crippen LogP contribution >= 0.6 is 0 Å². The van der Waals surface area contributed by atoms with Crippen molar-refractivity contribution in [3.63, 3.8) is 0 Å². The zero-order valence-corrected chi connectivity index (χ0v) is 10.9. The van der Waals surface area contributed by atoms with E-state index >= 15 is 0 Å². The van der Waals surface area contributed by atoms with Crippen molar-refractivity contribution in [3.8, 4) is 6.07 Å². The monoisotopic (exact) mass is 248 g/mol. The fourth-order valence-electron chi connectivity index (χ4n) is 2.16. The average Bonchev–Trinajstić information content (AvgIpc) is 2.63. The molecule has 18 heavy (non-hydrogen) atoms. The number of aromatic nitrogens is 2. The molecule has 0 saturated carbocycles. The van der Waals surface area contributed by atoms with Crippen LogP contribution in [0.4, 0.5) is 11.6 Å². The van der Waals surface area contributed by atoms with Crippen molar-refractivity contribution in [1.29, 1.82) is 5.26 Å². The molecule has 0 atom stereocenters. The molecule has 6 heteroatoms. The molecule has 1 aliphatic heterocycles. The van der Waals surface area contributed by atoms with Gasteiger partial charge in [0.25, 0.3) is 0 Å². The second-order valence-corrected chi connectivity index (χ2v) is 4.64. The predicted molar refractivity (Wildman–Crippen MR) is 71.3 cm³/mol. The van der Waals surface area contributed by atoms with Crippen molar-refractivity contribution in [2.24, 2.45) is 0 Å². The van der Waals surface area contributed by atoms with Crippen molar-refractivity contribution >= 4 is 11.6 Å². The Morgan fingerprint density at radius 1 is 1.56 bits per heavy atom. The van der Waals surface area contributed by atoms with Crippen LogP contribution in [0.15, 0.2) is 0 Å². The molecule has 2 rings (SSSR count). The lowest BCUT2D eigenvalue weighted by Gasteiger charge is -2.27. The summed E-state index contributed by atoms with van der Waals surface area (Å²) in [6.07, 6.45) is 1.91. The van der Waals surface area contributed by atoms with Gasteiger partial charge in [0, 0.05) is 13.1 Å². The Balaban J connectivity index is 2.28. The molecule has 0 aromatic carbocycles. The Morgan fingerprint density at radius 3 is 2.67 bits per heavy atom. The minimum absolute atomic E-state index is 0.257. The number of nitrogens with zero attached hydrogens (tertiary/aromatic N) is 3. The molecular formula is C12H20N6. The second-order valence-electron chi connectivity index (χ2n) is 4.64. The topological polar surface area (TPSA) is 91.7 Å². The van der Waals surface area contributed by atoms with E-state index in [9.17, 15) is 5.26 Å². The Kier molecular flexibility index (Phi) is 3.72. The minimum Gasteiger partial charge on any atom is -0.383 e. The summed E-state index contributed by atoms with van der Waals surface area (Å²) in [4.78, 5) is 0. The Hall–Kier alpha value is -1.74. The zero-order chi connectivity index (χ0) is 13.1. The SMILES string of the molecule is CCC(CC)n1nc(NC2CNC2)c(C#N)c1N. The van der Waals surface area contributed by atoms with Gasteiger partial charge in [-0.05, 0) is 12.8 Å². The maximum atomic E-state index is 9.20. The van der Waals surface area contributed by atoms with Crippen LogP contribution in [0.1, 0.15) is 38.3 Å². The lowest BCUT2D eigenvalue weighted by molar-refractivity contribution is 0.432. The fraction of sp³-hybridized carbons (Fsp3) is 0.667. The third kappa shape index (κ3) is 2.14. The quantitative estimate of drug-likeness (QED) is 0.725. The number of rotatable bonds is 5. The van der Waals surface area contributed by atoms with Gasteiger partial charge in [-0.15, -0.1) is 0 Å². The van der Waals surface area contributed by atoms with Crippen LogP contribution in [0.2, 0.25) is 0 Å². The molecule has 6 nitrogen and oxygen atoms in total. The number of nitrogens with two attached hydrogens (primary N) is 1. The first kappa shape index (κ1) is 12.7. The van der Waals surface area contributed by atoms with E-state index in [4.69, 9.17) is 5.73 Å². The number of nitriles is 1.